The SMILES string of the molecule is COCCCCC1(CNC(=O)[C@H]2C[C@@H](NCCC(C)C)CN(C(=O)OCC3c4ccccc4-c4ccccc43)C2)c2ccccc2Oc2ccccc21. The largest absolute Gasteiger partial charge is 0.457 e. The monoisotopic (exact) mass is 715 g/mol. The van der Waals surface area contributed by atoms with Gasteiger partial charge in [-0.1, -0.05) is 98.8 Å². The van der Waals surface area contributed by atoms with Gasteiger partial charge in [0, 0.05) is 61.9 Å². The number of carbonyl (C=O) groups is 2. The minimum Gasteiger partial charge on any atom is -0.457 e. The Bertz CT molecular complexity index is 1800. The molecule has 2 heterocycles. The molecule has 7 rings (SSSR count). The highest BCUT2D eigenvalue weighted by Crippen LogP contribution is 2.50. The minimum atomic E-state index is -0.481. The van der Waals surface area contributed by atoms with Crippen molar-refractivity contribution in [3.05, 3.63) is 119 Å². The molecule has 4 aromatic carbocycles. The van der Waals surface area contributed by atoms with Crippen LogP contribution in [0, 0.1) is 11.8 Å². The summed E-state index contributed by atoms with van der Waals surface area (Å²) in [5, 5.41) is 7.07. The molecule has 2 atom stereocenters. The Hall–Kier alpha value is -4.66. The molecule has 2 aliphatic heterocycles. The minimum absolute atomic E-state index is 0.0220. The first kappa shape index (κ1) is 36.7. The molecule has 4 aromatic rings. The van der Waals surface area contributed by atoms with E-state index >= 15 is 0 Å². The molecule has 8 nitrogen and oxygen atoms in total. The second-order valence-electron chi connectivity index (χ2n) is 15.3. The lowest BCUT2D eigenvalue weighted by Gasteiger charge is -2.41. The van der Waals surface area contributed by atoms with E-state index in [9.17, 15) is 9.59 Å². The van der Waals surface area contributed by atoms with Gasteiger partial charge in [-0.05, 0) is 79.0 Å². The molecule has 3 aliphatic rings. The summed E-state index contributed by atoms with van der Waals surface area (Å²) < 4.78 is 17.9. The molecule has 1 saturated heterocycles. The Balaban J connectivity index is 1.09. The Morgan fingerprint density at radius 2 is 1.47 bits per heavy atom. The van der Waals surface area contributed by atoms with Crippen molar-refractivity contribution < 1.29 is 23.8 Å². The second kappa shape index (κ2) is 16.6. The molecule has 0 radical (unpaired) electrons. The number of hydrogen-bond acceptors (Lipinski definition) is 6. The number of unbranched alkanes of at least 4 members (excludes halogenated alkanes) is 1. The highest BCUT2D eigenvalue weighted by molar-refractivity contribution is 5.81. The van der Waals surface area contributed by atoms with Crippen molar-refractivity contribution >= 4 is 12.0 Å². The maximum absolute atomic E-state index is 14.4. The van der Waals surface area contributed by atoms with Crippen molar-refractivity contribution in [2.24, 2.45) is 11.8 Å². The highest BCUT2D eigenvalue weighted by Gasteiger charge is 2.43. The van der Waals surface area contributed by atoms with Crippen molar-refractivity contribution in [3.63, 3.8) is 0 Å². The third-order valence-electron chi connectivity index (χ3n) is 11.4. The molecule has 53 heavy (non-hydrogen) atoms. The van der Waals surface area contributed by atoms with Gasteiger partial charge in [-0.3, -0.25) is 4.79 Å². The smallest absolute Gasteiger partial charge is 0.409 e. The van der Waals surface area contributed by atoms with Crippen LogP contribution in [-0.2, 0) is 19.7 Å². The van der Waals surface area contributed by atoms with Gasteiger partial charge in [-0.15, -0.1) is 0 Å². The Morgan fingerprint density at radius 3 is 2.11 bits per heavy atom. The molecular formula is C45H53N3O5. The number of nitrogens with zero attached hydrogens (tertiary/aromatic N) is 1. The standard InChI is InChI=1S/C45H53N3O5/c1-31(2)22-24-46-33-26-32(27-48(28-33)44(50)52-29-38-36-16-6-4-14-34(36)35-15-5-7-17-37(35)38)43(49)47-30-45(23-12-13-25-51-3)39-18-8-10-20-41(39)53-42-21-11-9-19-40(42)45/h4-11,14-21,31-33,38,46H,12-13,22-30H2,1-3H3,(H,47,49)/t32-,33+/m0/s1. The van der Waals surface area contributed by atoms with E-state index in [4.69, 9.17) is 14.2 Å². The number of nitrogens with one attached hydrogen (secondary N) is 2. The summed E-state index contributed by atoms with van der Waals surface area (Å²) in [7, 11) is 1.73. The fraction of sp³-hybridized carbons (Fsp3) is 0.422. The van der Waals surface area contributed by atoms with Gasteiger partial charge in [0.1, 0.15) is 18.1 Å². The predicted octanol–water partition coefficient (Wildman–Crippen LogP) is 8.29. The van der Waals surface area contributed by atoms with Gasteiger partial charge in [0.25, 0.3) is 0 Å². The summed E-state index contributed by atoms with van der Waals surface area (Å²) in [6.45, 7) is 7.40. The van der Waals surface area contributed by atoms with Gasteiger partial charge in [-0.2, -0.15) is 0 Å². The lowest BCUT2D eigenvalue weighted by atomic mass is 9.69. The summed E-state index contributed by atoms with van der Waals surface area (Å²) in [5.41, 5.74) is 6.42. The van der Waals surface area contributed by atoms with Crippen molar-refractivity contribution in [2.45, 2.75) is 63.3 Å². The predicted molar refractivity (Wildman–Crippen MR) is 208 cm³/mol. The molecule has 0 aromatic heterocycles. The van der Waals surface area contributed by atoms with Crippen LogP contribution in [0.5, 0.6) is 11.5 Å². The Labute approximate surface area is 314 Å². The van der Waals surface area contributed by atoms with Gasteiger partial charge in [0.05, 0.1) is 5.92 Å². The van der Waals surface area contributed by atoms with E-state index in [1.54, 1.807) is 12.0 Å². The maximum atomic E-state index is 14.4. The van der Waals surface area contributed by atoms with E-state index in [0.29, 0.717) is 38.6 Å². The fourth-order valence-corrected chi connectivity index (χ4v) is 8.62. The van der Waals surface area contributed by atoms with Crippen molar-refractivity contribution in [3.8, 4) is 22.6 Å². The molecule has 8 heteroatoms. The molecule has 1 fully saturated rings. The van der Waals surface area contributed by atoms with Crippen LogP contribution in [0.4, 0.5) is 4.79 Å². The topological polar surface area (TPSA) is 89.1 Å². The first-order valence-corrected chi connectivity index (χ1v) is 19.3. The van der Waals surface area contributed by atoms with Crippen LogP contribution in [0.25, 0.3) is 11.1 Å². The van der Waals surface area contributed by atoms with Crippen LogP contribution in [0.2, 0.25) is 0 Å². The molecule has 0 spiro atoms. The number of methoxy groups -OCH3 is 1. The zero-order chi connectivity index (χ0) is 36.8. The van der Waals surface area contributed by atoms with Gasteiger partial charge in [0.15, 0.2) is 0 Å². The van der Waals surface area contributed by atoms with E-state index in [1.165, 1.54) is 22.3 Å². The third-order valence-corrected chi connectivity index (χ3v) is 11.4. The lowest BCUT2D eigenvalue weighted by molar-refractivity contribution is -0.127. The van der Waals surface area contributed by atoms with Crippen LogP contribution >= 0.6 is 0 Å². The van der Waals surface area contributed by atoms with Gasteiger partial charge in [-0.25, -0.2) is 4.79 Å². The number of likely N-dealkylation sites (tertiary alicyclic amines) is 1. The first-order valence-electron chi connectivity index (χ1n) is 19.3. The summed E-state index contributed by atoms with van der Waals surface area (Å²) in [4.78, 5) is 30.0. The van der Waals surface area contributed by atoms with E-state index < -0.39 is 11.3 Å². The van der Waals surface area contributed by atoms with E-state index in [-0.39, 0.29) is 30.6 Å². The second-order valence-corrected chi connectivity index (χ2v) is 15.3. The van der Waals surface area contributed by atoms with Crippen molar-refractivity contribution in [1.29, 1.82) is 0 Å². The normalized spacial score (nSPS) is 18.4. The molecule has 2 amide bonds. The van der Waals surface area contributed by atoms with Gasteiger partial charge in [0.2, 0.25) is 5.91 Å². The average Bonchev–Trinajstić information content (AvgIpc) is 3.50. The summed E-state index contributed by atoms with van der Waals surface area (Å²) >= 11 is 0. The Morgan fingerprint density at radius 1 is 0.849 bits per heavy atom. The average molecular weight is 716 g/mol. The zero-order valence-electron chi connectivity index (χ0n) is 31.3. The number of rotatable bonds is 14. The number of piperidine rings is 1. The van der Waals surface area contributed by atoms with E-state index in [0.717, 1.165) is 54.9 Å². The summed E-state index contributed by atoms with van der Waals surface area (Å²) in [6.07, 6.45) is 3.96. The number of benzene rings is 4. The van der Waals surface area contributed by atoms with Crippen LogP contribution in [0.15, 0.2) is 97.1 Å². The van der Waals surface area contributed by atoms with Gasteiger partial charge < -0.3 is 29.7 Å². The molecule has 1 aliphatic carbocycles. The van der Waals surface area contributed by atoms with Crippen LogP contribution < -0.4 is 15.4 Å². The fourth-order valence-electron chi connectivity index (χ4n) is 8.62. The zero-order valence-corrected chi connectivity index (χ0v) is 31.3. The number of para-hydroxylation sites is 2. The molecule has 0 unspecified atom stereocenters. The summed E-state index contributed by atoms with van der Waals surface area (Å²) in [5.74, 6) is 1.72. The van der Waals surface area contributed by atoms with Crippen molar-refractivity contribution in [2.75, 3.05) is 46.5 Å². The van der Waals surface area contributed by atoms with Crippen LogP contribution in [0.3, 0.4) is 0 Å². The number of fused-ring (bicyclic) bond motifs is 5. The van der Waals surface area contributed by atoms with Crippen molar-refractivity contribution in [1.82, 2.24) is 15.5 Å². The Kier molecular flexibility index (Phi) is 11.5. The quantitative estimate of drug-likeness (QED) is 0.128. The molecule has 0 saturated carbocycles. The van der Waals surface area contributed by atoms with Gasteiger partial charge >= 0.3 is 6.09 Å². The van der Waals surface area contributed by atoms with E-state index in [1.807, 2.05) is 48.5 Å². The highest BCUT2D eigenvalue weighted by atomic mass is 16.6. The number of hydrogen-bond donors (Lipinski definition) is 2. The number of ether oxygens (including phenoxy) is 3. The number of carbonyl (C=O) groups excluding carboxylic acids is 2. The lowest BCUT2D eigenvalue weighted by Crippen LogP contribution is -2.55. The van der Waals surface area contributed by atoms with E-state index in [2.05, 4.69) is 73.0 Å². The van der Waals surface area contributed by atoms with Crippen LogP contribution in [-0.4, -0.2) is 69.4 Å². The molecule has 0 bridgehead atoms. The van der Waals surface area contributed by atoms with Crippen LogP contribution in [0.1, 0.15) is 74.1 Å². The molecule has 278 valence electrons. The number of amides is 2. The first-order chi connectivity index (χ1) is 25.9. The maximum Gasteiger partial charge on any atom is 0.409 e. The third kappa shape index (κ3) is 7.85. The molecular weight excluding hydrogens is 663 g/mol. The molecule has 2 N–H and O–H groups in total. The summed E-state index contributed by atoms with van der Waals surface area (Å²) in [6, 6.07) is 33.1.